The van der Waals surface area contributed by atoms with Crippen LogP contribution in [-0.2, 0) is 25.6 Å². The largest absolute Gasteiger partial charge is 0.469 e. The van der Waals surface area contributed by atoms with E-state index < -0.39 is 22.9 Å². The summed E-state index contributed by atoms with van der Waals surface area (Å²) in [6.07, 6.45) is 0.198. The highest BCUT2D eigenvalue weighted by atomic mass is 16.6. The van der Waals surface area contributed by atoms with Crippen molar-refractivity contribution in [3.63, 3.8) is 0 Å². The van der Waals surface area contributed by atoms with Gasteiger partial charge in [-0.1, -0.05) is 30.3 Å². The van der Waals surface area contributed by atoms with E-state index in [9.17, 15) is 19.7 Å². The molecule has 8 heteroatoms. The summed E-state index contributed by atoms with van der Waals surface area (Å²) in [5, 5.41) is 10.7. The third kappa shape index (κ3) is 6.74. The molecule has 1 aromatic rings. The van der Waals surface area contributed by atoms with Gasteiger partial charge in [0, 0.05) is 17.9 Å². The van der Waals surface area contributed by atoms with E-state index >= 15 is 0 Å². The fourth-order valence-electron chi connectivity index (χ4n) is 2.32. The van der Waals surface area contributed by atoms with Gasteiger partial charge in [0.2, 0.25) is 6.54 Å². The molecule has 0 aliphatic carbocycles. The smallest absolute Gasteiger partial charge is 0.323 e. The molecule has 0 saturated carbocycles. The Morgan fingerprint density at radius 2 is 1.88 bits per heavy atom. The van der Waals surface area contributed by atoms with Gasteiger partial charge >= 0.3 is 11.9 Å². The Kier molecular flexibility index (Phi) is 8.42. The SMILES string of the molecule is COC(=O)CC[C@@H](C(=O)OC)N(CC[N+](=O)[O-])Cc1ccccc1. The highest BCUT2D eigenvalue weighted by molar-refractivity contribution is 5.77. The summed E-state index contributed by atoms with van der Waals surface area (Å²) in [6, 6.07) is 8.54. The van der Waals surface area contributed by atoms with E-state index in [1.165, 1.54) is 14.2 Å². The molecule has 0 heterocycles. The standard InChI is InChI=1S/C16H22N2O6/c1-23-15(19)9-8-14(16(20)24-2)17(10-11-18(21)22)12-13-6-4-3-5-7-13/h3-7,14H,8-12H2,1-2H3/t14-/m0/s1. The van der Waals surface area contributed by atoms with Crippen LogP contribution in [0.1, 0.15) is 18.4 Å². The molecule has 0 fully saturated rings. The van der Waals surface area contributed by atoms with Gasteiger partial charge in [0.25, 0.3) is 0 Å². The summed E-state index contributed by atoms with van der Waals surface area (Å²) < 4.78 is 9.39. The van der Waals surface area contributed by atoms with Gasteiger partial charge in [0.1, 0.15) is 6.04 Å². The molecule has 0 saturated heterocycles. The average Bonchev–Trinajstić information content (AvgIpc) is 2.59. The van der Waals surface area contributed by atoms with Crippen molar-refractivity contribution in [2.45, 2.75) is 25.4 Å². The number of nitrogens with zero attached hydrogens (tertiary/aromatic N) is 2. The van der Waals surface area contributed by atoms with Gasteiger partial charge in [-0.15, -0.1) is 0 Å². The summed E-state index contributed by atoms with van der Waals surface area (Å²) in [7, 11) is 2.52. The maximum Gasteiger partial charge on any atom is 0.323 e. The summed E-state index contributed by atoms with van der Waals surface area (Å²) in [4.78, 5) is 35.4. The molecule has 132 valence electrons. The molecule has 0 spiro atoms. The minimum atomic E-state index is -0.755. The fourth-order valence-corrected chi connectivity index (χ4v) is 2.32. The van der Waals surface area contributed by atoms with Gasteiger partial charge in [-0.3, -0.25) is 24.6 Å². The van der Waals surface area contributed by atoms with Crippen LogP contribution in [0.4, 0.5) is 0 Å². The van der Waals surface area contributed by atoms with Gasteiger partial charge in [0.15, 0.2) is 0 Å². The topological polar surface area (TPSA) is 99.0 Å². The van der Waals surface area contributed by atoms with E-state index in [0.717, 1.165) is 5.56 Å². The second-order valence-corrected chi connectivity index (χ2v) is 5.17. The van der Waals surface area contributed by atoms with Crippen molar-refractivity contribution in [2.75, 3.05) is 27.3 Å². The lowest BCUT2D eigenvalue weighted by atomic mass is 10.1. The van der Waals surface area contributed by atoms with Gasteiger partial charge in [-0.25, -0.2) is 0 Å². The third-order valence-electron chi connectivity index (χ3n) is 3.56. The number of carbonyl (C=O) groups is 2. The molecule has 24 heavy (non-hydrogen) atoms. The van der Waals surface area contributed by atoms with Crippen LogP contribution < -0.4 is 0 Å². The Morgan fingerprint density at radius 3 is 2.42 bits per heavy atom. The zero-order chi connectivity index (χ0) is 17.9. The molecule has 0 aliphatic heterocycles. The van der Waals surface area contributed by atoms with Crippen molar-refractivity contribution >= 4 is 11.9 Å². The predicted octanol–water partition coefficient (Wildman–Crippen LogP) is 1.26. The second kappa shape index (κ2) is 10.3. The van der Waals surface area contributed by atoms with Crippen molar-refractivity contribution in [3.05, 3.63) is 46.0 Å². The van der Waals surface area contributed by atoms with Crippen LogP contribution in [0.5, 0.6) is 0 Å². The van der Waals surface area contributed by atoms with Crippen LogP contribution >= 0.6 is 0 Å². The summed E-state index contributed by atoms with van der Waals surface area (Å²) in [5.74, 6) is -0.976. The first-order valence-electron chi connectivity index (χ1n) is 7.52. The number of benzene rings is 1. The minimum Gasteiger partial charge on any atom is -0.469 e. The molecule has 1 aromatic carbocycles. The van der Waals surface area contributed by atoms with Crippen molar-refractivity contribution in [2.24, 2.45) is 0 Å². The third-order valence-corrected chi connectivity index (χ3v) is 3.56. The predicted molar refractivity (Wildman–Crippen MR) is 85.8 cm³/mol. The lowest BCUT2D eigenvalue weighted by molar-refractivity contribution is -0.480. The molecule has 0 aromatic heterocycles. The van der Waals surface area contributed by atoms with Crippen molar-refractivity contribution in [1.29, 1.82) is 0 Å². The van der Waals surface area contributed by atoms with Gasteiger partial charge in [-0.05, 0) is 12.0 Å². The summed E-state index contributed by atoms with van der Waals surface area (Å²) >= 11 is 0. The fraction of sp³-hybridized carbons (Fsp3) is 0.500. The van der Waals surface area contributed by atoms with Crippen molar-refractivity contribution in [3.8, 4) is 0 Å². The van der Waals surface area contributed by atoms with Crippen LogP contribution in [0.2, 0.25) is 0 Å². The van der Waals surface area contributed by atoms with Gasteiger partial charge < -0.3 is 9.47 Å². The monoisotopic (exact) mass is 338 g/mol. The molecular weight excluding hydrogens is 316 g/mol. The Bertz CT molecular complexity index is 549. The molecule has 1 rings (SSSR count). The number of rotatable bonds is 10. The van der Waals surface area contributed by atoms with Gasteiger partial charge in [0.05, 0.1) is 20.8 Å². The molecule has 0 aliphatic rings. The Hall–Kier alpha value is -2.48. The lowest BCUT2D eigenvalue weighted by Gasteiger charge is -2.28. The zero-order valence-corrected chi connectivity index (χ0v) is 13.8. The van der Waals surface area contributed by atoms with E-state index in [1.54, 1.807) is 4.90 Å². The molecule has 0 radical (unpaired) electrons. The highest BCUT2D eigenvalue weighted by Crippen LogP contribution is 2.14. The summed E-state index contributed by atoms with van der Waals surface area (Å²) in [5.41, 5.74) is 0.910. The molecular formula is C16H22N2O6. The van der Waals surface area contributed by atoms with Crippen LogP contribution in [0.3, 0.4) is 0 Å². The van der Waals surface area contributed by atoms with E-state index in [0.29, 0.717) is 6.54 Å². The van der Waals surface area contributed by atoms with E-state index in [4.69, 9.17) is 4.74 Å². The number of esters is 2. The lowest BCUT2D eigenvalue weighted by Crippen LogP contribution is -2.44. The van der Waals surface area contributed by atoms with Crippen LogP contribution in [0.25, 0.3) is 0 Å². The Balaban J connectivity index is 2.92. The second-order valence-electron chi connectivity index (χ2n) is 5.17. The molecule has 0 unspecified atom stereocenters. The van der Waals surface area contributed by atoms with E-state index in [-0.39, 0.29) is 25.9 Å². The van der Waals surface area contributed by atoms with Crippen LogP contribution in [0.15, 0.2) is 30.3 Å². The molecule has 0 bridgehead atoms. The highest BCUT2D eigenvalue weighted by Gasteiger charge is 2.28. The number of nitro groups is 1. The first kappa shape index (κ1) is 19.6. The average molecular weight is 338 g/mol. The Morgan fingerprint density at radius 1 is 1.21 bits per heavy atom. The number of ether oxygens (including phenoxy) is 2. The minimum absolute atomic E-state index is 0.0278. The van der Waals surface area contributed by atoms with Gasteiger partial charge in [-0.2, -0.15) is 0 Å². The molecule has 0 amide bonds. The van der Waals surface area contributed by atoms with Crippen LogP contribution in [0, 0.1) is 10.1 Å². The maximum atomic E-state index is 12.1. The zero-order valence-electron chi connectivity index (χ0n) is 13.8. The number of carbonyl (C=O) groups excluding carboxylic acids is 2. The Labute approximate surface area is 140 Å². The van der Waals surface area contributed by atoms with E-state index in [2.05, 4.69) is 4.74 Å². The molecule has 8 nitrogen and oxygen atoms in total. The molecule has 1 atom stereocenters. The first-order chi connectivity index (χ1) is 11.5. The number of methoxy groups -OCH3 is 2. The first-order valence-corrected chi connectivity index (χ1v) is 7.52. The van der Waals surface area contributed by atoms with E-state index in [1.807, 2.05) is 30.3 Å². The number of hydrogen-bond acceptors (Lipinski definition) is 7. The maximum absolute atomic E-state index is 12.1. The molecule has 0 N–H and O–H groups in total. The summed E-state index contributed by atoms with van der Waals surface area (Å²) in [6.45, 7) is 0.108. The quantitative estimate of drug-likeness (QED) is 0.360. The van der Waals surface area contributed by atoms with Crippen LogP contribution in [-0.4, -0.2) is 55.1 Å². The van der Waals surface area contributed by atoms with Crippen molar-refractivity contribution in [1.82, 2.24) is 4.90 Å². The normalized spacial score (nSPS) is 11.8. The van der Waals surface area contributed by atoms with Crippen molar-refractivity contribution < 1.29 is 24.0 Å². The number of hydrogen-bond donors (Lipinski definition) is 0.